The number of amides is 1. The molecule has 4 aromatic rings. The van der Waals surface area contributed by atoms with E-state index in [9.17, 15) is 9.59 Å². The third kappa shape index (κ3) is 6.81. The first kappa shape index (κ1) is 26.4. The molecule has 0 aliphatic carbocycles. The molecule has 1 fully saturated rings. The second-order valence-electron chi connectivity index (χ2n) is 9.97. The average Bonchev–Trinajstić information content (AvgIpc) is 3.49. The summed E-state index contributed by atoms with van der Waals surface area (Å²) in [4.78, 5) is 31.6. The van der Waals surface area contributed by atoms with E-state index in [0.29, 0.717) is 26.1 Å². The van der Waals surface area contributed by atoms with E-state index in [1.165, 1.54) is 0 Å². The Morgan fingerprint density at radius 1 is 0.718 bits per heavy atom. The summed E-state index contributed by atoms with van der Waals surface area (Å²) in [5, 5.41) is 0. The van der Waals surface area contributed by atoms with E-state index in [0.717, 1.165) is 28.7 Å². The van der Waals surface area contributed by atoms with E-state index < -0.39 is 12.1 Å². The summed E-state index contributed by atoms with van der Waals surface area (Å²) >= 11 is 0. The summed E-state index contributed by atoms with van der Waals surface area (Å²) < 4.78 is 5.68. The smallest absolute Gasteiger partial charge is 0.329 e. The Balaban J connectivity index is 1.43. The summed E-state index contributed by atoms with van der Waals surface area (Å²) in [5.41, 5.74) is 4.10. The molecule has 0 aromatic heterocycles. The third-order valence-corrected chi connectivity index (χ3v) is 7.20. The highest BCUT2D eigenvalue weighted by Gasteiger charge is 2.40. The molecule has 198 valence electrons. The van der Waals surface area contributed by atoms with Gasteiger partial charge in [0, 0.05) is 19.6 Å². The molecule has 2 atom stereocenters. The number of hydrogen-bond acceptors (Lipinski definition) is 4. The summed E-state index contributed by atoms with van der Waals surface area (Å²) in [7, 11) is 0. The number of esters is 1. The van der Waals surface area contributed by atoms with E-state index in [-0.39, 0.29) is 18.5 Å². The van der Waals surface area contributed by atoms with Gasteiger partial charge in [-0.2, -0.15) is 0 Å². The molecule has 0 N–H and O–H groups in total. The fourth-order valence-electron chi connectivity index (χ4n) is 5.28. The minimum Gasteiger partial charge on any atom is -0.459 e. The summed E-state index contributed by atoms with van der Waals surface area (Å²) in [6, 6.07) is 38.9. The van der Waals surface area contributed by atoms with Crippen molar-refractivity contribution in [2.75, 3.05) is 6.54 Å². The predicted molar refractivity (Wildman–Crippen MR) is 152 cm³/mol. The van der Waals surface area contributed by atoms with Gasteiger partial charge in [0.1, 0.15) is 18.7 Å². The van der Waals surface area contributed by atoms with Gasteiger partial charge in [-0.05, 0) is 35.1 Å². The minimum atomic E-state index is -0.581. The second-order valence-corrected chi connectivity index (χ2v) is 9.97. The molecule has 1 amide bonds. The van der Waals surface area contributed by atoms with Crippen molar-refractivity contribution in [1.29, 1.82) is 0 Å². The molecule has 1 aliphatic rings. The van der Waals surface area contributed by atoms with E-state index in [4.69, 9.17) is 4.74 Å². The molecule has 0 saturated carbocycles. The van der Waals surface area contributed by atoms with Crippen LogP contribution in [0.1, 0.15) is 41.1 Å². The van der Waals surface area contributed by atoms with Crippen molar-refractivity contribution < 1.29 is 14.3 Å². The van der Waals surface area contributed by atoms with Gasteiger partial charge in [-0.15, -0.1) is 0 Å². The number of rotatable bonds is 10. The van der Waals surface area contributed by atoms with Crippen molar-refractivity contribution >= 4 is 11.9 Å². The highest BCUT2D eigenvalue weighted by molar-refractivity contribution is 5.89. The van der Waals surface area contributed by atoms with Gasteiger partial charge in [-0.25, -0.2) is 4.79 Å². The zero-order valence-corrected chi connectivity index (χ0v) is 22.1. The zero-order valence-electron chi connectivity index (χ0n) is 22.1. The van der Waals surface area contributed by atoms with E-state index in [1.807, 2.05) is 97.1 Å². The summed E-state index contributed by atoms with van der Waals surface area (Å²) in [5.74, 6) is -0.401. The van der Waals surface area contributed by atoms with Crippen LogP contribution in [0.15, 0.2) is 121 Å². The van der Waals surface area contributed by atoms with Gasteiger partial charge < -0.3 is 9.64 Å². The van der Waals surface area contributed by atoms with Gasteiger partial charge in [0.05, 0.1) is 0 Å². The lowest BCUT2D eigenvalue weighted by Crippen LogP contribution is -2.47. The molecule has 0 radical (unpaired) electrons. The van der Waals surface area contributed by atoms with Crippen LogP contribution in [0.5, 0.6) is 0 Å². The molecule has 0 unspecified atom stereocenters. The normalized spacial score (nSPS) is 15.7. The Kier molecular flexibility index (Phi) is 8.82. The first-order chi connectivity index (χ1) is 19.2. The second kappa shape index (κ2) is 13.0. The molecule has 1 aliphatic heterocycles. The first-order valence-electron chi connectivity index (χ1n) is 13.6. The number of nitrogens with zero attached hydrogens (tertiary/aromatic N) is 2. The summed E-state index contributed by atoms with van der Waals surface area (Å²) in [6.45, 7) is 1.93. The van der Waals surface area contributed by atoms with Crippen molar-refractivity contribution in [1.82, 2.24) is 9.80 Å². The number of carbonyl (C=O) groups excluding carboxylic acids is 2. The maximum absolute atomic E-state index is 14.4. The van der Waals surface area contributed by atoms with Crippen LogP contribution in [0.4, 0.5) is 0 Å². The van der Waals surface area contributed by atoms with E-state index >= 15 is 0 Å². The fraction of sp³-hybridized carbons (Fsp3) is 0.235. The van der Waals surface area contributed by atoms with Crippen molar-refractivity contribution in [2.45, 2.75) is 44.6 Å². The molecule has 1 saturated heterocycles. The SMILES string of the molecule is O=C(OCc1ccccc1)[C@@H]1CCCN1C(=O)[C@@H](c1ccccc1)N(Cc1ccccc1)Cc1ccccc1. The largest absolute Gasteiger partial charge is 0.459 e. The minimum absolute atomic E-state index is 0.0628. The molecule has 5 nitrogen and oxygen atoms in total. The van der Waals surface area contributed by atoms with Crippen molar-refractivity contribution in [2.24, 2.45) is 0 Å². The maximum atomic E-state index is 14.4. The van der Waals surface area contributed by atoms with Gasteiger partial charge in [-0.3, -0.25) is 9.69 Å². The van der Waals surface area contributed by atoms with Crippen LogP contribution in [0, 0.1) is 0 Å². The number of ether oxygens (including phenoxy) is 1. The third-order valence-electron chi connectivity index (χ3n) is 7.20. The van der Waals surface area contributed by atoms with Crippen molar-refractivity contribution in [3.63, 3.8) is 0 Å². The number of benzene rings is 4. The Hall–Kier alpha value is -4.22. The standard InChI is InChI=1S/C34H34N2O3/c37-33(36-23-13-22-31(36)34(38)39-26-29-18-9-3-10-19-29)32(30-20-11-4-12-21-30)35(24-27-14-5-1-6-15-27)25-28-16-7-2-8-17-28/h1-12,14-21,31-32H,13,22-26H2/t31-,32+/m0/s1. The van der Waals surface area contributed by atoms with Gasteiger partial charge in [-0.1, -0.05) is 121 Å². The number of likely N-dealkylation sites (tertiary alicyclic amines) is 1. The zero-order chi connectivity index (χ0) is 26.9. The van der Waals surface area contributed by atoms with Crippen LogP contribution in [0.2, 0.25) is 0 Å². The van der Waals surface area contributed by atoms with Crippen LogP contribution >= 0.6 is 0 Å². The van der Waals surface area contributed by atoms with Gasteiger partial charge in [0.2, 0.25) is 5.91 Å². The lowest BCUT2D eigenvalue weighted by molar-refractivity contribution is -0.156. The molecule has 5 heteroatoms. The van der Waals surface area contributed by atoms with Crippen LogP contribution < -0.4 is 0 Å². The predicted octanol–water partition coefficient (Wildman–Crippen LogP) is 6.16. The van der Waals surface area contributed by atoms with E-state index in [2.05, 4.69) is 29.2 Å². The topological polar surface area (TPSA) is 49.9 Å². The maximum Gasteiger partial charge on any atom is 0.329 e. The van der Waals surface area contributed by atoms with Crippen molar-refractivity contribution in [3.8, 4) is 0 Å². The Morgan fingerprint density at radius 3 is 1.74 bits per heavy atom. The van der Waals surface area contributed by atoms with Crippen LogP contribution in [-0.2, 0) is 34.0 Å². The van der Waals surface area contributed by atoms with Crippen LogP contribution in [0.3, 0.4) is 0 Å². The highest BCUT2D eigenvalue weighted by atomic mass is 16.5. The van der Waals surface area contributed by atoms with Gasteiger partial charge >= 0.3 is 5.97 Å². The lowest BCUT2D eigenvalue weighted by Gasteiger charge is -2.35. The monoisotopic (exact) mass is 518 g/mol. The Labute approximate surface area is 230 Å². The highest BCUT2D eigenvalue weighted by Crippen LogP contribution is 2.31. The quantitative estimate of drug-likeness (QED) is 0.236. The number of carbonyl (C=O) groups is 2. The molecule has 0 bridgehead atoms. The van der Waals surface area contributed by atoms with Crippen LogP contribution in [0.25, 0.3) is 0 Å². The molecular weight excluding hydrogens is 484 g/mol. The molecule has 0 spiro atoms. The van der Waals surface area contributed by atoms with Gasteiger partial charge in [0.15, 0.2) is 0 Å². The lowest BCUT2D eigenvalue weighted by atomic mass is 10.0. The number of hydrogen-bond donors (Lipinski definition) is 0. The molecule has 1 heterocycles. The average molecular weight is 519 g/mol. The molecule has 5 rings (SSSR count). The molecular formula is C34H34N2O3. The van der Waals surface area contributed by atoms with Gasteiger partial charge in [0.25, 0.3) is 0 Å². The fourth-order valence-corrected chi connectivity index (χ4v) is 5.28. The molecule has 39 heavy (non-hydrogen) atoms. The molecule has 4 aromatic carbocycles. The van der Waals surface area contributed by atoms with E-state index in [1.54, 1.807) is 4.90 Å². The first-order valence-corrected chi connectivity index (χ1v) is 13.6. The van der Waals surface area contributed by atoms with Crippen molar-refractivity contribution in [3.05, 3.63) is 144 Å². The summed E-state index contributed by atoms with van der Waals surface area (Å²) in [6.07, 6.45) is 1.38. The Morgan fingerprint density at radius 2 is 1.21 bits per heavy atom. The Bertz CT molecular complexity index is 1290. The van der Waals surface area contributed by atoms with Crippen LogP contribution in [-0.4, -0.2) is 34.3 Å².